The molecule has 0 aliphatic carbocycles. The van der Waals surface area contributed by atoms with Crippen LogP contribution >= 0.6 is 0 Å². The number of H-pyrrole nitrogens is 1. The van der Waals surface area contributed by atoms with Gasteiger partial charge in [0.15, 0.2) is 6.04 Å². The standard InChI is InChI=1S/C29H35N5O8/c1-16(35)25(29(41)42)34-27(39)22(11-12-24(36)37)32-28(40)23(14-18-15-31-21-10-6-5-9-19(18)21)33-26(38)20(30)13-17-7-3-2-4-8-17/h2-10,15-16,20,22-23,25,31,35H,11-14,30H2,1H3,(H,32,40)(H,33,38)(H,34,39)(H,36,37)(H,41,42). The Hall–Kier alpha value is -4.75. The van der Waals surface area contributed by atoms with Gasteiger partial charge in [-0.1, -0.05) is 48.5 Å². The lowest BCUT2D eigenvalue weighted by Gasteiger charge is -2.25. The second-order valence-corrected chi connectivity index (χ2v) is 9.98. The topological polar surface area (TPSA) is 224 Å². The van der Waals surface area contributed by atoms with Gasteiger partial charge in [0.2, 0.25) is 17.7 Å². The van der Waals surface area contributed by atoms with Gasteiger partial charge in [0.1, 0.15) is 12.1 Å². The SMILES string of the molecule is CC(O)C(NC(=O)C(CCC(=O)O)NC(=O)C(Cc1c[nH]c2ccccc12)NC(=O)C(N)Cc1ccccc1)C(=O)O. The van der Waals surface area contributed by atoms with E-state index in [2.05, 4.69) is 20.9 Å². The van der Waals surface area contributed by atoms with Crippen molar-refractivity contribution >= 4 is 40.6 Å². The van der Waals surface area contributed by atoms with Crippen molar-refractivity contribution in [1.29, 1.82) is 0 Å². The number of para-hydroxylation sites is 1. The first kappa shape index (κ1) is 31.8. The Balaban J connectivity index is 1.85. The summed E-state index contributed by atoms with van der Waals surface area (Å²) in [6.07, 6.45) is -0.476. The number of aromatic nitrogens is 1. The highest BCUT2D eigenvalue weighted by molar-refractivity contribution is 5.95. The minimum Gasteiger partial charge on any atom is -0.481 e. The summed E-state index contributed by atoms with van der Waals surface area (Å²) in [7, 11) is 0. The predicted molar refractivity (Wildman–Crippen MR) is 152 cm³/mol. The third kappa shape index (κ3) is 8.88. The van der Waals surface area contributed by atoms with E-state index in [0.29, 0.717) is 5.56 Å². The summed E-state index contributed by atoms with van der Waals surface area (Å²) >= 11 is 0. The quantitative estimate of drug-likeness (QED) is 0.121. The molecule has 1 aromatic heterocycles. The van der Waals surface area contributed by atoms with Crippen LogP contribution in [-0.4, -0.2) is 80.2 Å². The number of rotatable bonds is 15. The lowest BCUT2D eigenvalue weighted by molar-refractivity contribution is -0.145. The predicted octanol–water partition coefficient (Wildman–Crippen LogP) is 0.0650. The number of fused-ring (bicyclic) bond motifs is 1. The molecule has 0 aliphatic rings. The molecule has 0 saturated heterocycles. The average molecular weight is 582 g/mol. The number of nitrogens with one attached hydrogen (secondary N) is 4. The molecule has 0 bridgehead atoms. The van der Waals surface area contributed by atoms with E-state index in [1.807, 2.05) is 54.6 Å². The smallest absolute Gasteiger partial charge is 0.328 e. The summed E-state index contributed by atoms with van der Waals surface area (Å²) < 4.78 is 0. The first-order valence-electron chi connectivity index (χ1n) is 13.3. The van der Waals surface area contributed by atoms with Crippen molar-refractivity contribution in [1.82, 2.24) is 20.9 Å². The fourth-order valence-corrected chi connectivity index (χ4v) is 4.42. The van der Waals surface area contributed by atoms with Gasteiger partial charge in [-0.05, 0) is 37.0 Å². The fraction of sp³-hybridized carbons (Fsp3) is 0.345. The van der Waals surface area contributed by atoms with E-state index in [-0.39, 0.29) is 19.3 Å². The van der Waals surface area contributed by atoms with E-state index < -0.39 is 66.4 Å². The molecule has 3 aromatic rings. The third-order valence-electron chi connectivity index (χ3n) is 6.69. The number of aliphatic carboxylic acids is 2. The maximum atomic E-state index is 13.6. The highest BCUT2D eigenvalue weighted by Crippen LogP contribution is 2.19. The summed E-state index contributed by atoms with van der Waals surface area (Å²) in [5.74, 6) is -5.20. The number of hydrogen-bond acceptors (Lipinski definition) is 7. The number of carboxylic acid groups (broad SMARTS) is 2. The molecule has 13 heteroatoms. The molecule has 5 unspecified atom stereocenters. The van der Waals surface area contributed by atoms with Gasteiger partial charge in [-0.2, -0.15) is 0 Å². The van der Waals surface area contributed by atoms with Crippen LogP contribution in [0, 0.1) is 0 Å². The minimum absolute atomic E-state index is 0.00165. The third-order valence-corrected chi connectivity index (χ3v) is 6.69. The summed E-state index contributed by atoms with van der Waals surface area (Å²) in [5, 5.41) is 36.3. The number of nitrogens with two attached hydrogens (primary N) is 1. The van der Waals surface area contributed by atoms with Crippen molar-refractivity contribution < 1.29 is 39.3 Å². The molecular weight excluding hydrogens is 546 g/mol. The van der Waals surface area contributed by atoms with E-state index in [9.17, 15) is 34.2 Å². The van der Waals surface area contributed by atoms with Gasteiger partial charge < -0.3 is 42.0 Å². The van der Waals surface area contributed by atoms with Gasteiger partial charge in [-0.15, -0.1) is 0 Å². The van der Waals surface area contributed by atoms with Crippen LogP contribution in [0.15, 0.2) is 60.8 Å². The Kier molecular flexibility index (Phi) is 11.2. The van der Waals surface area contributed by atoms with E-state index in [4.69, 9.17) is 10.8 Å². The molecule has 0 aliphatic heterocycles. The van der Waals surface area contributed by atoms with Crippen LogP contribution in [-0.2, 0) is 36.8 Å². The number of aliphatic hydroxyl groups excluding tert-OH is 1. The number of hydrogen-bond donors (Lipinski definition) is 8. The normalized spacial score (nSPS) is 14.6. The Labute approximate surface area is 241 Å². The number of benzene rings is 2. The van der Waals surface area contributed by atoms with Gasteiger partial charge in [-0.3, -0.25) is 19.2 Å². The van der Waals surface area contributed by atoms with Crippen LogP contribution in [0.3, 0.4) is 0 Å². The minimum atomic E-state index is -1.69. The van der Waals surface area contributed by atoms with Crippen LogP contribution in [0.4, 0.5) is 0 Å². The molecule has 0 fully saturated rings. The fourth-order valence-electron chi connectivity index (χ4n) is 4.42. The molecule has 42 heavy (non-hydrogen) atoms. The van der Waals surface area contributed by atoms with E-state index >= 15 is 0 Å². The van der Waals surface area contributed by atoms with Gasteiger partial charge in [0, 0.05) is 29.9 Å². The summed E-state index contributed by atoms with van der Waals surface area (Å²) in [6.45, 7) is 1.16. The number of amides is 3. The van der Waals surface area contributed by atoms with Crippen molar-refractivity contribution in [3.8, 4) is 0 Å². The van der Waals surface area contributed by atoms with Gasteiger partial charge in [-0.25, -0.2) is 4.79 Å². The van der Waals surface area contributed by atoms with Gasteiger partial charge >= 0.3 is 11.9 Å². The van der Waals surface area contributed by atoms with Crippen LogP contribution in [0.2, 0.25) is 0 Å². The Morgan fingerprint density at radius 2 is 1.45 bits per heavy atom. The number of aromatic amines is 1. The van der Waals surface area contributed by atoms with E-state index in [1.54, 1.807) is 6.20 Å². The number of aliphatic hydroxyl groups is 1. The number of carboxylic acids is 2. The lowest BCUT2D eigenvalue weighted by Crippen LogP contribution is -2.58. The zero-order chi connectivity index (χ0) is 30.8. The van der Waals surface area contributed by atoms with Crippen molar-refractivity contribution in [2.75, 3.05) is 0 Å². The molecule has 0 saturated carbocycles. The Bertz CT molecular complexity index is 1410. The molecule has 3 rings (SSSR count). The molecule has 3 amide bonds. The number of carbonyl (C=O) groups excluding carboxylic acids is 3. The Morgan fingerprint density at radius 3 is 2.10 bits per heavy atom. The molecule has 0 spiro atoms. The summed E-state index contributed by atoms with van der Waals surface area (Å²) in [5.41, 5.74) is 8.45. The zero-order valence-electron chi connectivity index (χ0n) is 22.9. The van der Waals surface area contributed by atoms with Crippen molar-refractivity contribution in [3.63, 3.8) is 0 Å². The highest BCUT2D eigenvalue weighted by atomic mass is 16.4. The average Bonchev–Trinajstić information content (AvgIpc) is 3.36. The maximum Gasteiger partial charge on any atom is 0.328 e. The molecule has 0 radical (unpaired) electrons. The molecule has 1 heterocycles. The molecule has 5 atom stereocenters. The maximum absolute atomic E-state index is 13.6. The van der Waals surface area contributed by atoms with Gasteiger partial charge in [0.25, 0.3) is 0 Å². The first-order chi connectivity index (χ1) is 20.0. The van der Waals surface area contributed by atoms with Crippen molar-refractivity contribution in [2.24, 2.45) is 5.73 Å². The van der Waals surface area contributed by atoms with Crippen LogP contribution in [0.1, 0.15) is 30.9 Å². The van der Waals surface area contributed by atoms with Crippen molar-refractivity contribution in [3.05, 3.63) is 71.9 Å². The number of carbonyl (C=O) groups is 5. The highest BCUT2D eigenvalue weighted by Gasteiger charge is 2.32. The van der Waals surface area contributed by atoms with Crippen LogP contribution < -0.4 is 21.7 Å². The Morgan fingerprint density at radius 1 is 0.833 bits per heavy atom. The second kappa shape index (κ2) is 14.8. The second-order valence-electron chi connectivity index (χ2n) is 9.98. The van der Waals surface area contributed by atoms with Crippen LogP contribution in [0.25, 0.3) is 10.9 Å². The molecule has 224 valence electrons. The zero-order valence-corrected chi connectivity index (χ0v) is 22.9. The summed E-state index contributed by atoms with van der Waals surface area (Å²) in [4.78, 5) is 65.4. The van der Waals surface area contributed by atoms with Crippen LogP contribution in [0.5, 0.6) is 0 Å². The molecular formula is C29H35N5O8. The lowest BCUT2D eigenvalue weighted by atomic mass is 10.0. The molecule has 2 aromatic carbocycles. The van der Waals surface area contributed by atoms with Gasteiger partial charge in [0.05, 0.1) is 12.1 Å². The monoisotopic (exact) mass is 581 g/mol. The van der Waals surface area contributed by atoms with E-state index in [0.717, 1.165) is 23.4 Å². The molecule has 13 nitrogen and oxygen atoms in total. The van der Waals surface area contributed by atoms with Crippen molar-refractivity contribution in [2.45, 2.75) is 62.9 Å². The molecule has 9 N–H and O–H groups in total. The first-order valence-corrected chi connectivity index (χ1v) is 13.3. The largest absolute Gasteiger partial charge is 0.481 e. The van der Waals surface area contributed by atoms with E-state index in [1.165, 1.54) is 0 Å². The summed E-state index contributed by atoms with van der Waals surface area (Å²) in [6, 6.07) is 11.0.